The minimum absolute atomic E-state index is 0. The van der Waals surface area contributed by atoms with Gasteiger partial charge in [-0.25, -0.2) is 0 Å². The molecular weight excluding hydrogens is 344 g/mol. The van der Waals surface area contributed by atoms with Gasteiger partial charge in [0.15, 0.2) is 0 Å². The molecule has 2 rings (SSSR count). The maximum Gasteiger partial charge on any atom is 0.276 e. The van der Waals surface area contributed by atoms with Crippen LogP contribution in [0.5, 0.6) is 0 Å². The van der Waals surface area contributed by atoms with Crippen LogP contribution in [0.4, 0.5) is 22.7 Å². The van der Waals surface area contributed by atoms with Crippen molar-refractivity contribution >= 4 is 22.7 Å². The Bertz CT molecular complexity index is 683. The van der Waals surface area contributed by atoms with E-state index in [1.54, 1.807) is 0 Å². The quantitative estimate of drug-likeness (QED) is 0.586. The van der Waals surface area contributed by atoms with Gasteiger partial charge in [-0.2, -0.15) is 0 Å². The Kier molecular flexibility index (Phi) is 7.74. The van der Waals surface area contributed by atoms with E-state index < -0.39 is 19.7 Å². The predicted octanol–water partition coefficient (Wildman–Crippen LogP) is 2.18. The highest BCUT2D eigenvalue weighted by Gasteiger charge is 2.12. The summed E-state index contributed by atoms with van der Waals surface area (Å²) >= 11 is 0. The molecule has 2 N–H and O–H groups in total. The van der Waals surface area contributed by atoms with Crippen LogP contribution in [0.15, 0.2) is 48.5 Å². The molecule has 0 amide bonds. The van der Waals surface area contributed by atoms with Gasteiger partial charge in [-0.3, -0.25) is 40.5 Å². The van der Waals surface area contributed by atoms with Crippen molar-refractivity contribution < 1.29 is 25.2 Å². The fourth-order valence-corrected chi connectivity index (χ4v) is 1.44. The molecule has 0 saturated carbocycles. The Labute approximate surface area is 138 Å². The van der Waals surface area contributed by atoms with Crippen LogP contribution in [-0.4, -0.2) is 25.2 Å². The molecule has 13 nitrogen and oxygen atoms in total. The molecule has 25 heavy (non-hydrogen) atoms. The van der Waals surface area contributed by atoms with Gasteiger partial charge in [0.25, 0.3) is 22.7 Å². The highest BCUT2D eigenvalue weighted by molar-refractivity contribution is 5.42. The number of nitro groups is 4. The monoisotopic (exact) mass is 354 g/mol. The number of benzene rings is 2. The van der Waals surface area contributed by atoms with Crippen LogP contribution < -0.4 is 0 Å². The Morgan fingerprint density at radius 1 is 0.520 bits per heavy atom. The van der Waals surface area contributed by atoms with Crippen molar-refractivity contribution in [3.63, 3.8) is 0 Å². The van der Waals surface area contributed by atoms with Crippen molar-refractivity contribution in [3.8, 4) is 0 Å². The van der Waals surface area contributed by atoms with Crippen LogP contribution in [0.1, 0.15) is 0 Å². The first-order valence-corrected chi connectivity index (χ1v) is 6.00. The third-order valence-corrected chi connectivity index (χ3v) is 2.50. The maximum atomic E-state index is 10.2. The minimum Gasteiger partial charge on any atom is -0.412 e. The molecule has 0 heterocycles. The molecule has 13 heteroatoms. The van der Waals surface area contributed by atoms with Crippen LogP contribution in [0, 0.1) is 40.5 Å². The lowest BCUT2D eigenvalue weighted by molar-refractivity contribution is -0.394. The van der Waals surface area contributed by atoms with Gasteiger partial charge in [-0.15, -0.1) is 0 Å². The highest BCUT2D eigenvalue weighted by atomic mass is 16.6. The van der Waals surface area contributed by atoms with Gasteiger partial charge in [0.05, 0.1) is 31.8 Å². The highest BCUT2D eigenvalue weighted by Crippen LogP contribution is 2.19. The standard InChI is InChI=1S/2C6H4N2O4.H2O/c2*9-7(10)5-2-1-3-6(4-5)8(11)12;/h2*1-4H;1H2. The minimum atomic E-state index is -0.674. The second-order valence-electron chi connectivity index (χ2n) is 4.07. The summed E-state index contributed by atoms with van der Waals surface area (Å²) in [5, 5.41) is 40.6. The topological polar surface area (TPSA) is 204 Å². The molecule has 0 fully saturated rings. The van der Waals surface area contributed by atoms with Gasteiger partial charge < -0.3 is 5.48 Å². The zero-order valence-electron chi connectivity index (χ0n) is 12.2. The Morgan fingerprint density at radius 2 is 0.720 bits per heavy atom. The molecule has 0 radical (unpaired) electrons. The molecular formula is C12H10N4O9. The Balaban J connectivity index is 0.000000443. The lowest BCUT2D eigenvalue weighted by atomic mass is 10.3. The van der Waals surface area contributed by atoms with Crippen molar-refractivity contribution in [1.29, 1.82) is 0 Å². The summed E-state index contributed by atoms with van der Waals surface area (Å²) in [5.41, 5.74) is -1.10. The van der Waals surface area contributed by atoms with E-state index in [-0.39, 0.29) is 28.2 Å². The average molecular weight is 354 g/mol. The summed E-state index contributed by atoms with van der Waals surface area (Å²) in [4.78, 5) is 37.9. The number of nitrogens with zero attached hydrogens (tertiary/aromatic N) is 4. The molecule has 0 aliphatic carbocycles. The van der Waals surface area contributed by atoms with E-state index >= 15 is 0 Å². The summed E-state index contributed by atoms with van der Waals surface area (Å²) in [6.45, 7) is 0. The molecule has 0 bridgehead atoms. The maximum absolute atomic E-state index is 10.2. The molecule has 0 aliphatic rings. The molecule has 0 aliphatic heterocycles. The van der Waals surface area contributed by atoms with Crippen LogP contribution in [0.3, 0.4) is 0 Å². The SMILES string of the molecule is O.O=[N+]([O-])c1cccc([N+](=O)[O-])c1.O=[N+]([O-])c1cccc([N+](=O)[O-])c1. The summed E-state index contributed by atoms with van der Waals surface area (Å²) < 4.78 is 0. The smallest absolute Gasteiger partial charge is 0.276 e. The number of hydrogen-bond acceptors (Lipinski definition) is 8. The van der Waals surface area contributed by atoms with Crippen LogP contribution in [0.25, 0.3) is 0 Å². The van der Waals surface area contributed by atoms with Crippen LogP contribution in [0.2, 0.25) is 0 Å². The molecule has 0 unspecified atom stereocenters. The van der Waals surface area contributed by atoms with E-state index in [4.69, 9.17) is 0 Å². The molecule has 2 aromatic carbocycles. The summed E-state index contributed by atoms with van der Waals surface area (Å²) in [6.07, 6.45) is 0. The first kappa shape index (κ1) is 21.0. The summed E-state index contributed by atoms with van der Waals surface area (Å²) in [7, 11) is 0. The average Bonchev–Trinajstić information content (AvgIpc) is 2.55. The van der Waals surface area contributed by atoms with Crippen molar-refractivity contribution in [1.82, 2.24) is 0 Å². The van der Waals surface area contributed by atoms with Crippen LogP contribution >= 0.6 is 0 Å². The first-order valence-electron chi connectivity index (χ1n) is 6.00. The van der Waals surface area contributed by atoms with E-state index in [0.717, 1.165) is 12.1 Å². The predicted molar refractivity (Wildman–Crippen MR) is 83.1 cm³/mol. The van der Waals surface area contributed by atoms with Gasteiger partial charge in [-0.05, 0) is 12.1 Å². The Hall–Kier alpha value is -4.00. The molecule has 0 spiro atoms. The second kappa shape index (κ2) is 9.21. The van der Waals surface area contributed by atoms with Gasteiger partial charge in [0.2, 0.25) is 0 Å². The van der Waals surface area contributed by atoms with E-state index in [1.165, 1.54) is 36.4 Å². The van der Waals surface area contributed by atoms with Gasteiger partial charge >= 0.3 is 0 Å². The van der Waals surface area contributed by atoms with Gasteiger partial charge in [-0.1, -0.05) is 0 Å². The summed E-state index contributed by atoms with van der Waals surface area (Å²) in [6, 6.07) is 9.19. The zero-order valence-corrected chi connectivity index (χ0v) is 12.2. The molecule has 0 aromatic heterocycles. The van der Waals surface area contributed by atoms with Crippen molar-refractivity contribution in [2.24, 2.45) is 0 Å². The molecule has 0 saturated heterocycles. The van der Waals surface area contributed by atoms with Crippen molar-refractivity contribution in [3.05, 3.63) is 89.0 Å². The normalized spacial score (nSPS) is 8.96. The summed E-state index contributed by atoms with van der Waals surface area (Å²) in [5.74, 6) is 0. The van der Waals surface area contributed by atoms with Crippen molar-refractivity contribution in [2.75, 3.05) is 0 Å². The molecule has 0 atom stereocenters. The van der Waals surface area contributed by atoms with Gasteiger partial charge in [0.1, 0.15) is 0 Å². The molecule has 2 aromatic rings. The zero-order chi connectivity index (χ0) is 18.3. The van der Waals surface area contributed by atoms with E-state index in [0.29, 0.717) is 0 Å². The fraction of sp³-hybridized carbons (Fsp3) is 0. The molecule has 132 valence electrons. The van der Waals surface area contributed by atoms with Gasteiger partial charge in [0, 0.05) is 24.3 Å². The first-order chi connectivity index (χ1) is 11.2. The van der Waals surface area contributed by atoms with E-state index in [2.05, 4.69) is 0 Å². The fourth-order valence-electron chi connectivity index (χ4n) is 1.44. The largest absolute Gasteiger partial charge is 0.412 e. The number of nitro benzene ring substituents is 4. The van der Waals surface area contributed by atoms with Crippen molar-refractivity contribution in [2.45, 2.75) is 0 Å². The lowest BCUT2D eigenvalue weighted by Crippen LogP contribution is -1.91. The third kappa shape index (κ3) is 6.33. The number of non-ortho nitro benzene ring substituents is 4. The van der Waals surface area contributed by atoms with Crippen LogP contribution in [-0.2, 0) is 0 Å². The second-order valence-corrected chi connectivity index (χ2v) is 4.07. The third-order valence-electron chi connectivity index (χ3n) is 2.50. The number of hydrogen-bond donors (Lipinski definition) is 0. The Morgan fingerprint density at radius 3 is 0.880 bits per heavy atom. The van der Waals surface area contributed by atoms with E-state index in [9.17, 15) is 40.5 Å². The van der Waals surface area contributed by atoms with E-state index in [1.807, 2.05) is 0 Å². The lowest BCUT2D eigenvalue weighted by Gasteiger charge is -1.90. The number of rotatable bonds is 4.